The highest BCUT2D eigenvalue weighted by molar-refractivity contribution is 6.11. The maximum Gasteiger partial charge on any atom is 0.257 e. The zero-order valence-corrected chi connectivity index (χ0v) is 19.6. The highest BCUT2D eigenvalue weighted by Crippen LogP contribution is 2.39. The number of aliphatic hydroxyl groups excluding tert-OH is 1. The fraction of sp³-hybridized carbons (Fsp3) is 0.321. The summed E-state index contributed by atoms with van der Waals surface area (Å²) in [5.41, 5.74) is 5.27. The summed E-state index contributed by atoms with van der Waals surface area (Å²) in [6.45, 7) is 1.29. The SMILES string of the molecule is CN1CN(C2CCOCC2O)C(=O)c2cc(Cc3cccc4c3ccn4C)c3ccccc3c21. The number of anilines is 1. The van der Waals surface area contributed by atoms with E-state index in [4.69, 9.17) is 4.74 Å². The molecule has 3 aromatic carbocycles. The molecule has 2 unspecified atom stereocenters. The Morgan fingerprint density at radius 1 is 1.00 bits per heavy atom. The van der Waals surface area contributed by atoms with Crippen LogP contribution in [0.4, 0.5) is 5.69 Å². The standard InChI is InChI=1S/C28H29N3O3/c1-29-12-10-21-18(6-5-9-24(21)29)14-19-15-23-27(22-8-4-3-7-20(19)22)30(2)17-31(28(23)33)25-11-13-34-16-26(25)32/h3-10,12,15,25-26,32H,11,13-14,16-17H2,1-2H3. The summed E-state index contributed by atoms with van der Waals surface area (Å²) in [5.74, 6) is -0.0102. The first-order chi connectivity index (χ1) is 16.5. The van der Waals surface area contributed by atoms with Crippen molar-refractivity contribution < 1.29 is 14.6 Å². The Morgan fingerprint density at radius 3 is 2.65 bits per heavy atom. The first kappa shape index (κ1) is 21.2. The van der Waals surface area contributed by atoms with Crippen molar-refractivity contribution in [3.63, 3.8) is 0 Å². The molecule has 3 heterocycles. The van der Waals surface area contributed by atoms with Crippen LogP contribution in [-0.2, 0) is 18.2 Å². The normalized spacial score (nSPS) is 20.9. The Morgan fingerprint density at radius 2 is 1.82 bits per heavy atom. The Balaban J connectivity index is 1.48. The molecule has 4 aromatic rings. The smallest absolute Gasteiger partial charge is 0.257 e. The predicted octanol–water partition coefficient (Wildman–Crippen LogP) is 3.92. The number of hydrogen-bond donors (Lipinski definition) is 1. The first-order valence-corrected chi connectivity index (χ1v) is 11.9. The van der Waals surface area contributed by atoms with Crippen molar-refractivity contribution in [3.8, 4) is 0 Å². The molecule has 0 radical (unpaired) electrons. The molecule has 6 heteroatoms. The molecule has 0 aliphatic carbocycles. The van der Waals surface area contributed by atoms with Crippen LogP contribution < -0.4 is 4.90 Å². The number of rotatable bonds is 3. The molecule has 2 aliphatic rings. The zero-order valence-electron chi connectivity index (χ0n) is 19.6. The first-order valence-electron chi connectivity index (χ1n) is 11.9. The molecule has 0 bridgehead atoms. The van der Waals surface area contributed by atoms with Crippen LogP contribution in [-0.4, -0.2) is 59.6 Å². The second-order valence-electron chi connectivity index (χ2n) is 9.54. The number of ether oxygens (including phenoxy) is 1. The fourth-order valence-corrected chi connectivity index (χ4v) is 5.73. The Kier molecular flexibility index (Phi) is 5.08. The Labute approximate surface area is 198 Å². The van der Waals surface area contributed by atoms with Crippen LogP contribution in [0.2, 0.25) is 0 Å². The Bertz CT molecular complexity index is 1410. The summed E-state index contributed by atoms with van der Waals surface area (Å²) in [6.07, 6.45) is 2.82. The van der Waals surface area contributed by atoms with Gasteiger partial charge in [0.05, 0.1) is 36.7 Å². The summed E-state index contributed by atoms with van der Waals surface area (Å²) in [5, 5.41) is 14.1. The zero-order chi connectivity index (χ0) is 23.4. The van der Waals surface area contributed by atoms with Gasteiger partial charge in [-0.3, -0.25) is 4.79 Å². The van der Waals surface area contributed by atoms with Gasteiger partial charge in [-0.2, -0.15) is 0 Å². The summed E-state index contributed by atoms with van der Waals surface area (Å²) in [6, 6.07) is 18.8. The van der Waals surface area contributed by atoms with Gasteiger partial charge in [0.25, 0.3) is 5.91 Å². The molecule has 0 spiro atoms. The number of hydrogen-bond acceptors (Lipinski definition) is 4. The third kappa shape index (κ3) is 3.29. The molecule has 1 amide bonds. The van der Waals surface area contributed by atoms with Crippen LogP contribution >= 0.6 is 0 Å². The van der Waals surface area contributed by atoms with E-state index in [0.29, 0.717) is 25.3 Å². The molecule has 1 fully saturated rings. The third-order valence-corrected chi connectivity index (χ3v) is 7.43. The molecule has 1 aromatic heterocycles. The lowest BCUT2D eigenvalue weighted by molar-refractivity contribution is -0.0575. The van der Waals surface area contributed by atoms with Crippen molar-refractivity contribution in [1.82, 2.24) is 9.47 Å². The van der Waals surface area contributed by atoms with Crippen molar-refractivity contribution in [1.29, 1.82) is 0 Å². The molecule has 34 heavy (non-hydrogen) atoms. The van der Waals surface area contributed by atoms with Crippen molar-refractivity contribution in [2.24, 2.45) is 7.05 Å². The topological polar surface area (TPSA) is 57.9 Å². The molecule has 6 rings (SSSR count). The van der Waals surface area contributed by atoms with Crippen molar-refractivity contribution in [3.05, 3.63) is 77.5 Å². The highest BCUT2D eigenvalue weighted by atomic mass is 16.5. The number of aliphatic hydroxyl groups is 1. The number of benzene rings is 3. The van der Waals surface area contributed by atoms with Gasteiger partial charge in [0.2, 0.25) is 0 Å². The lowest BCUT2D eigenvalue weighted by Crippen LogP contribution is -2.56. The average molecular weight is 456 g/mol. The van der Waals surface area contributed by atoms with E-state index in [0.717, 1.165) is 23.1 Å². The van der Waals surface area contributed by atoms with Crippen LogP contribution in [0.3, 0.4) is 0 Å². The molecule has 6 nitrogen and oxygen atoms in total. The second-order valence-corrected chi connectivity index (χ2v) is 9.54. The predicted molar refractivity (Wildman–Crippen MR) is 134 cm³/mol. The van der Waals surface area contributed by atoms with Gasteiger partial charge in [-0.05, 0) is 47.6 Å². The molecule has 174 valence electrons. The van der Waals surface area contributed by atoms with Gasteiger partial charge in [0, 0.05) is 43.2 Å². The second kappa shape index (κ2) is 8.15. The Hall–Kier alpha value is -3.35. The average Bonchev–Trinajstić information content (AvgIpc) is 3.23. The largest absolute Gasteiger partial charge is 0.389 e. The maximum absolute atomic E-state index is 13.8. The monoisotopic (exact) mass is 455 g/mol. The molecule has 2 aliphatic heterocycles. The minimum Gasteiger partial charge on any atom is -0.389 e. The minimum absolute atomic E-state index is 0.0102. The molecular weight excluding hydrogens is 426 g/mol. The van der Waals surface area contributed by atoms with Crippen LogP contribution in [0, 0.1) is 0 Å². The van der Waals surface area contributed by atoms with Gasteiger partial charge >= 0.3 is 0 Å². The number of nitrogens with zero attached hydrogens (tertiary/aromatic N) is 3. The molecule has 0 saturated carbocycles. The maximum atomic E-state index is 13.8. The van der Waals surface area contributed by atoms with E-state index in [1.165, 1.54) is 21.9 Å². The number of aryl methyl sites for hydroxylation is 1. The minimum atomic E-state index is -0.664. The summed E-state index contributed by atoms with van der Waals surface area (Å²) in [4.78, 5) is 17.8. The van der Waals surface area contributed by atoms with E-state index in [1.54, 1.807) is 0 Å². The van der Waals surface area contributed by atoms with Gasteiger partial charge in [-0.1, -0.05) is 36.4 Å². The quantitative estimate of drug-likeness (QED) is 0.509. The van der Waals surface area contributed by atoms with Crippen molar-refractivity contribution >= 4 is 33.3 Å². The van der Waals surface area contributed by atoms with E-state index >= 15 is 0 Å². The number of fused-ring (bicyclic) bond motifs is 4. The van der Waals surface area contributed by atoms with Gasteiger partial charge in [0.1, 0.15) is 0 Å². The van der Waals surface area contributed by atoms with Crippen LogP contribution in [0.1, 0.15) is 27.9 Å². The van der Waals surface area contributed by atoms with Crippen LogP contribution in [0.15, 0.2) is 60.8 Å². The van der Waals surface area contributed by atoms with Crippen LogP contribution in [0.5, 0.6) is 0 Å². The highest BCUT2D eigenvalue weighted by Gasteiger charge is 2.38. The van der Waals surface area contributed by atoms with E-state index < -0.39 is 6.10 Å². The van der Waals surface area contributed by atoms with Gasteiger partial charge in [-0.25, -0.2) is 0 Å². The van der Waals surface area contributed by atoms with E-state index in [-0.39, 0.29) is 18.6 Å². The van der Waals surface area contributed by atoms with E-state index in [1.807, 2.05) is 18.0 Å². The van der Waals surface area contributed by atoms with Gasteiger partial charge in [-0.15, -0.1) is 0 Å². The van der Waals surface area contributed by atoms with E-state index in [9.17, 15) is 9.90 Å². The summed E-state index contributed by atoms with van der Waals surface area (Å²) >= 11 is 0. The molecule has 1 saturated heterocycles. The lowest BCUT2D eigenvalue weighted by atomic mass is 9.91. The van der Waals surface area contributed by atoms with Crippen molar-refractivity contribution in [2.75, 3.05) is 31.8 Å². The number of amides is 1. The van der Waals surface area contributed by atoms with Crippen LogP contribution in [0.25, 0.3) is 21.7 Å². The lowest BCUT2D eigenvalue weighted by Gasteiger charge is -2.43. The van der Waals surface area contributed by atoms with Crippen molar-refractivity contribution in [2.45, 2.75) is 25.0 Å². The third-order valence-electron chi connectivity index (χ3n) is 7.43. The van der Waals surface area contributed by atoms with Gasteiger partial charge < -0.3 is 24.2 Å². The molecule has 1 N–H and O–H groups in total. The molecule has 2 atom stereocenters. The number of carbonyl (C=O) groups excluding carboxylic acids is 1. The van der Waals surface area contributed by atoms with Gasteiger partial charge in [0.15, 0.2) is 0 Å². The summed E-state index contributed by atoms with van der Waals surface area (Å²) < 4.78 is 7.55. The molecular formula is C28H29N3O3. The number of carbonyl (C=O) groups is 1. The number of aromatic nitrogens is 1. The fourth-order valence-electron chi connectivity index (χ4n) is 5.73. The van der Waals surface area contributed by atoms with E-state index in [2.05, 4.69) is 71.2 Å². The summed E-state index contributed by atoms with van der Waals surface area (Å²) in [7, 11) is 4.09.